The van der Waals surface area contributed by atoms with E-state index in [1.54, 1.807) is 51.1 Å². The number of carbonyl (C=O) groups excluding carboxylic acids is 5. The molecular weight excluding hydrogens is 559 g/mol. The third-order valence-electron chi connectivity index (χ3n) is 6.06. The number of urea groups is 1. The first kappa shape index (κ1) is 37.2. The van der Waals surface area contributed by atoms with Gasteiger partial charge in [-0.3, -0.25) is 14.4 Å². The van der Waals surface area contributed by atoms with E-state index in [9.17, 15) is 34.0 Å². The zero-order chi connectivity index (χ0) is 32.7. The zero-order valence-corrected chi connectivity index (χ0v) is 25.8. The molecule has 0 saturated heterocycles. The Morgan fingerprint density at radius 2 is 1.47 bits per heavy atom. The molecule has 0 aliphatic rings. The highest BCUT2D eigenvalue weighted by Gasteiger charge is 2.32. The van der Waals surface area contributed by atoms with Crippen LogP contribution < -0.4 is 32.3 Å². The Kier molecular flexibility index (Phi) is 15.5. The van der Waals surface area contributed by atoms with Gasteiger partial charge in [0.1, 0.15) is 23.7 Å². The highest BCUT2D eigenvalue weighted by Crippen LogP contribution is 2.10. The van der Waals surface area contributed by atoms with E-state index in [4.69, 9.17) is 10.5 Å². The molecule has 0 unspecified atom stereocenters. The molecule has 0 saturated carbocycles. The van der Waals surface area contributed by atoms with Gasteiger partial charge in [-0.1, -0.05) is 44.2 Å². The lowest BCUT2D eigenvalue weighted by Gasteiger charge is -2.27. The van der Waals surface area contributed by atoms with Crippen molar-refractivity contribution in [3.63, 3.8) is 0 Å². The Balaban J connectivity index is 3.15. The molecule has 0 aromatic heterocycles. The van der Waals surface area contributed by atoms with Crippen LogP contribution in [0.4, 0.5) is 9.59 Å². The Labute approximate surface area is 253 Å². The Morgan fingerprint density at radius 1 is 0.884 bits per heavy atom. The largest absolute Gasteiger partial charge is 0.475 e. The Morgan fingerprint density at radius 3 is 2.00 bits per heavy atom. The average Bonchev–Trinajstić information content (AvgIpc) is 2.88. The minimum absolute atomic E-state index is 0.0409. The highest BCUT2D eigenvalue weighted by molar-refractivity contribution is 6.43. The fourth-order valence-electron chi connectivity index (χ4n) is 4.01. The van der Waals surface area contributed by atoms with E-state index in [-0.39, 0.29) is 38.1 Å². The number of alkyl carbamates (subject to hydrolysis) is 1. The molecule has 1 aromatic rings. The summed E-state index contributed by atoms with van der Waals surface area (Å²) < 4.78 is 5.18. The number of ether oxygens (including phenoxy) is 1. The number of benzene rings is 1. The molecule has 1 aromatic carbocycles. The average molecular weight is 607 g/mol. The number of nitrogens with two attached hydrogens (primary N) is 1. The SMILES string of the molecule is CC(C)C[C@H](NC(=O)[C@H](Cc1ccccc1)NC(=O)[C@H](CCCNC(N)=O)NC(=O)[C@H](C)NC(=O)OC(C)(C)C)B(O)O. The van der Waals surface area contributed by atoms with Crippen LogP contribution in [0.15, 0.2) is 30.3 Å². The molecule has 0 bridgehead atoms. The number of nitrogens with one attached hydrogen (secondary N) is 5. The van der Waals surface area contributed by atoms with Crippen LogP contribution in [0, 0.1) is 5.92 Å². The lowest BCUT2D eigenvalue weighted by Crippen LogP contribution is -2.59. The van der Waals surface area contributed by atoms with E-state index in [1.807, 2.05) is 13.8 Å². The fraction of sp³-hybridized carbons (Fsp3) is 0.607. The Bertz CT molecular complexity index is 1070. The molecular formula is C28H47BN6O8. The normalized spacial score (nSPS) is 14.0. The lowest BCUT2D eigenvalue weighted by molar-refractivity contribution is -0.132. The number of hydrogen-bond donors (Lipinski definition) is 8. The van der Waals surface area contributed by atoms with Crippen LogP contribution in [0.1, 0.15) is 66.4 Å². The van der Waals surface area contributed by atoms with Crippen molar-refractivity contribution < 1.29 is 38.8 Å². The van der Waals surface area contributed by atoms with Crippen LogP contribution in [0.5, 0.6) is 0 Å². The summed E-state index contributed by atoms with van der Waals surface area (Å²) in [5.74, 6) is -2.95. The van der Waals surface area contributed by atoms with Gasteiger partial charge >= 0.3 is 19.2 Å². The predicted molar refractivity (Wildman–Crippen MR) is 161 cm³/mol. The first-order valence-electron chi connectivity index (χ1n) is 14.3. The molecule has 240 valence electrons. The first-order chi connectivity index (χ1) is 20.0. The van der Waals surface area contributed by atoms with Crippen molar-refractivity contribution >= 4 is 37.0 Å². The third kappa shape index (κ3) is 15.8. The summed E-state index contributed by atoms with van der Waals surface area (Å²) in [5.41, 5.74) is 5.06. The smallest absolute Gasteiger partial charge is 0.444 e. The van der Waals surface area contributed by atoms with Crippen LogP contribution in [0.25, 0.3) is 0 Å². The summed E-state index contributed by atoms with van der Waals surface area (Å²) in [4.78, 5) is 63.0. The van der Waals surface area contributed by atoms with Gasteiger partial charge in [0.15, 0.2) is 0 Å². The van der Waals surface area contributed by atoms with Gasteiger partial charge in [0.05, 0.1) is 5.94 Å². The van der Waals surface area contributed by atoms with Gasteiger partial charge in [0, 0.05) is 13.0 Å². The molecule has 14 nitrogen and oxygen atoms in total. The highest BCUT2D eigenvalue weighted by atomic mass is 16.6. The minimum Gasteiger partial charge on any atom is -0.444 e. The molecule has 4 atom stereocenters. The second-order valence-corrected chi connectivity index (χ2v) is 11.8. The van der Waals surface area contributed by atoms with Crippen molar-refractivity contribution in [1.82, 2.24) is 26.6 Å². The van der Waals surface area contributed by atoms with Gasteiger partial charge in [-0.2, -0.15) is 0 Å². The predicted octanol–water partition coefficient (Wildman–Crippen LogP) is 0.103. The van der Waals surface area contributed by atoms with Crippen LogP contribution >= 0.6 is 0 Å². The van der Waals surface area contributed by atoms with Crippen molar-refractivity contribution in [2.24, 2.45) is 11.7 Å². The van der Waals surface area contributed by atoms with E-state index in [0.29, 0.717) is 0 Å². The molecule has 9 N–H and O–H groups in total. The van der Waals surface area contributed by atoms with Crippen LogP contribution in [-0.4, -0.2) is 83.2 Å². The first-order valence-corrected chi connectivity index (χ1v) is 14.3. The van der Waals surface area contributed by atoms with Crippen LogP contribution in [0.2, 0.25) is 0 Å². The van der Waals surface area contributed by atoms with Crippen molar-refractivity contribution in [1.29, 1.82) is 0 Å². The van der Waals surface area contributed by atoms with Crippen LogP contribution in [0.3, 0.4) is 0 Å². The molecule has 43 heavy (non-hydrogen) atoms. The number of rotatable bonds is 16. The zero-order valence-electron chi connectivity index (χ0n) is 25.8. The molecule has 15 heteroatoms. The Hall–Kier alpha value is -3.85. The van der Waals surface area contributed by atoms with Crippen molar-refractivity contribution in [2.45, 2.75) is 96.9 Å². The topological polar surface area (TPSA) is 221 Å². The number of hydrogen-bond acceptors (Lipinski definition) is 8. The molecule has 0 radical (unpaired) electrons. The van der Waals surface area contributed by atoms with E-state index < -0.39 is 66.6 Å². The summed E-state index contributed by atoms with van der Waals surface area (Å²) in [6.07, 6.45) is -0.151. The van der Waals surface area contributed by atoms with Crippen molar-refractivity contribution in [3.8, 4) is 0 Å². The van der Waals surface area contributed by atoms with Crippen LogP contribution in [-0.2, 0) is 25.5 Å². The summed E-state index contributed by atoms with van der Waals surface area (Å²) in [6, 6.07) is 4.79. The number of amides is 6. The third-order valence-corrected chi connectivity index (χ3v) is 6.06. The van der Waals surface area contributed by atoms with Gasteiger partial charge in [0.2, 0.25) is 17.7 Å². The molecule has 0 spiro atoms. The van der Waals surface area contributed by atoms with Gasteiger partial charge < -0.3 is 47.1 Å². The fourth-order valence-corrected chi connectivity index (χ4v) is 4.01. The monoisotopic (exact) mass is 606 g/mol. The minimum atomic E-state index is -1.82. The molecule has 0 fully saturated rings. The summed E-state index contributed by atoms with van der Waals surface area (Å²) in [7, 11) is -1.82. The van der Waals surface area contributed by atoms with Gasteiger partial charge in [0.25, 0.3) is 0 Å². The molecule has 6 amide bonds. The molecule has 0 aliphatic carbocycles. The number of primary amides is 1. The van der Waals surface area contributed by atoms with E-state index in [1.165, 1.54) is 6.92 Å². The lowest BCUT2D eigenvalue weighted by atomic mass is 9.75. The van der Waals surface area contributed by atoms with E-state index in [0.717, 1.165) is 5.56 Å². The standard InChI is InChI=1S/C28H47BN6O8/c1-17(2)15-22(29(41)42)35-25(38)21(16-19-11-8-7-9-12-19)34-24(37)20(13-10-14-31-26(30)39)33-23(36)18(3)32-27(40)43-28(4,5)6/h7-9,11-12,17-18,20-22,41-42H,10,13-16H2,1-6H3,(H,32,40)(H,33,36)(H,34,37)(H,35,38)(H3,30,31,39)/t18-,20-,21-,22-/m0/s1. The number of carbonyl (C=O) groups is 5. The molecule has 0 aliphatic heterocycles. The maximum Gasteiger partial charge on any atom is 0.475 e. The molecule has 0 heterocycles. The van der Waals surface area contributed by atoms with Gasteiger partial charge in [-0.25, -0.2) is 9.59 Å². The summed E-state index contributed by atoms with van der Waals surface area (Å²) >= 11 is 0. The quantitative estimate of drug-likeness (QED) is 0.0950. The second-order valence-electron chi connectivity index (χ2n) is 11.8. The molecule has 1 rings (SSSR count). The maximum absolute atomic E-state index is 13.5. The second kappa shape index (κ2) is 18.0. The van der Waals surface area contributed by atoms with Crippen molar-refractivity contribution in [2.75, 3.05) is 6.54 Å². The van der Waals surface area contributed by atoms with Crippen molar-refractivity contribution in [3.05, 3.63) is 35.9 Å². The summed E-state index contributed by atoms with van der Waals surface area (Å²) in [6.45, 7) is 10.3. The van der Waals surface area contributed by atoms with Gasteiger partial charge in [-0.15, -0.1) is 0 Å². The summed E-state index contributed by atoms with van der Waals surface area (Å²) in [5, 5.41) is 32.3. The van der Waals surface area contributed by atoms with E-state index in [2.05, 4.69) is 26.6 Å². The van der Waals surface area contributed by atoms with Gasteiger partial charge in [-0.05, 0) is 58.4 Å². The maximum atomic E-state index is 13.5. The van der Waals surface area contributed by atoms with E-state index >= 15 is 0 Å².